The number of halogens is 1. The Bertz CT molecular complexity index is 520. The molecule has 0 saturated carbocycles. The van der Waals surface area contributed by atoms with E-state index >= 15 is 0 Å². The molecule has 1 aromatic carbocycles. The lowest BCUT2D eigenvalue weighted by Crippen LogP contribution is -2.37. The van der Waals surface area contributed by atoms with Gasteiger partial charge in [-0.1, -0.05) is 36.1 Å². The molecular weight excluding hydrogens is 348 g/mol. The molecule has 1 aromatic rings. The summed E-state index contributed by atoms with van der Waals surface area (Å²) in [6, 6.07) is 7.19. The molecule has 1 heterocycles. The number of rotatable bonds is 4. The van der Waals surface area contributed by atoms with E-state index in [0.29, 0.717) is 28.7 Å². The van der Waals surface area contributed by atoms with Gasteiger partial charge in [-0.25, -0.2) is 0 Å². The van der Waals surface area contributed by atoms with Gasteiger partial charge in [-0.2, -0.15) is 0 Å². The molecule has 0 spiro atoms. The molecule has 0 unspecified atom stereocenters. The Labute approximate surface area is 129 Å². The standard InChI is InChI=1S/C12H11BrN2O2S2/c13-9-4-2-1-3-8(9)11(17)14-5-6-15-10(16)7-19-12(15)18/h1-4H,5-7H2,(H,14,17). The zero-order valence-corrected chi connectivity index (χ0v) is 13.1. The maximum absolute atomic E-state index is 11.9. The van der Waals surface area contributed by atoms with Gasteiger partial charge in [0.05, 0.1) is 11.3 Å². The zero-order chi connectivity index (χ0) is 13.8. The summed E-state index contributed by atoms with van der Waals surface area (Å²) in [7, 11) is 0. The highest BCUT2D eigenvalue weighted by molar-refractivity contribution is 9.10. The smallest absolute Gasteiger partial charge is 0.252 e. The van der Waals surface area contributed by atoms with Crippen molar-refractivity contribution in [3.8, 4) is 0 Å². The third-order valence-corrected chi connectivity index (χ3v) is 4.70. The van der Waals surface area contributed by atoms with Crippen molar-refractivity contribution in [2.24, 2.45) is 0 Å². The van der Waals surface area contributed by atoms with Gasteiger partial charge in [0.1, 0.15) is 4.32 Å². The van der Waals surface area contributed by atoms with Crippen molar-refractivity contribution >= 4 is 56.0 Å². The molecule has 0 radical (unpaired) electrons. The van der Waals surface area contributed by atoms with Gasteiger partial charge in [0.15, 0.2) is 0 Å². The minimum atomic E-state index is -0.169. The first kappa shape index (κ1) is 14.5. The molecule has 1 saturated heterocycles. The molecule has 100 valence electrons. The van der Waals surface area contributed by atoms with E-state index in [1.54, 1.807) is 12.1 Å². The van der Waals surface area contributed by atoms with Gasteiger partial charge in [-0.05, 0) is 28.1 Å². The molecule has 1 N–H and O–H groups in total. The average Bonchev–Trinajstić information content (AvgIpc) is 2.70. The summed E-state index contributed by atoms with van der Waals surface area (Å²) in [6.45, 7) is 0.799. The monoisotopic (exact) mass is 358 g/mol. The Balaban J connectivity index is 1.86. The average molecular weight is 359 g/mol. The highest BCUT2D eigenvalue weighted by atomic mass is 79.9. The van der Waals surface area contributed by atoms with Crippen molar-refractivity contribution in [2.75, 3.05) is 18.8 Å². The molecule has 1 aliphatic rings. The third-order valence-electron chi connectivity index (χ3n) is 2.58. The number of carbonyl (C=O) groups excluding carboxylic acids is 2. The first-order valence-corrected chi connectivity index (χ1v) is 7.78. The molecule has 2 amide bonds. The zero-order valence-electron chi connectivity index (χ0n) is 9.89. The number of nitrogens with one attached hydrogen (secondary N) is 1. The van der Waals surface area contributed by atoms with Crippen LogP contribution in [-0.2, 0) is 4.79 Å². The van der Waals surface area contributed by atoms with Gasteiger partial charge in [-0.3, -0.25) is 14.5 Å². The fourth-order valence-electron chi connectivity index (χ4n) is 1.62. The summed E-state index contributed by atoms with van der Waals surface area (Å²) in [5.74, 6) is 0.236. The molecule has 19 heavy (non-hydrogen) atoms. The van der Waals surface area contributed by atoms with Gasteiger partial charge in [0.2, 0.25) is 5.91 Å². The Morgan fingerprint density at radius 2 is 2.21 bits per heavy atom. The number of carbonyl (C=O) groups is 2. The Morgan fingerprint density at radius 1 is 1.47 bits per heavy atom. The summed E-state index contributed by atoms with van der Waals surface area (Å²) in [4.78, 5) is 24.9. The van der Waals surface area contributed by atoms with Crippen LogP contribution in [0.4, 0.5) is 0 Å². The number of hydrogen-bond acceptors (Lipinski definition) is 4. The highest BCUT2D eigenvalue weighted by Crippen LogP contribution is 2.18. The van der Waals surface area contributed by atoms with Crippen LogP contribution in [0.2, 0.25) is 0 Å². The Kier molecular flexibility index (Phi) is 4.95. The van der Waals surface area contributed by atoms with Crippen LogP contribution in [-0.4, -0.2) is 39.9 Å². The SMILES string of the molecule is O=C(NCCN1C(=O)CSC1=S)c1ccccc1Br. The van der Waals surface area contributed by atoms with E-state index in [2.05, 4.69) is 21.2 Å². The number of amides is 2. The normalized spacial score (nSPS) is 14.9. The minimum absolute atomic E-state index is 0.00476. The first-order valence-electron chi connectivity index (χ1n) is 5.59. The van der Waals surface area contributed by atoms with Gasteiger partial charge in [0.25, 0.3) is 5.91 Å². The van der Waals surface area contributed by atoms with Crippen molar-refractivity contribution in [2.45, 2.75) is 0 Å². The van der Waals surface area contributed by atoms with Crippen LogP contribution < -0.4 is 5.32 Å². The summed E-state index contributed by atoms with van der Waals surface area (Å²) in [6.07, 6.45) is 0. The lowest BCUT2D eigenvalue weighted by molar-refractivity contribution is -0.123. The second-order valence-corrected chi connectivity index (χ2v) is 6.30. The van der Waals surface area contributed by atoms with E-state index in [0.717, 1.165) is 4.47 Å². The van der Waals surface area contributed by atoms with Gasteiger partial charge in [0, 0.05) is 17.6 Å². The third kappa shape index (κ3) is 3.55. The van der Waals surface area contributed by atoms with Crippen LogP contribution in [0.15, 0.2) is 28.7 Å². The Morgan fingerprint density at radius 3 is 2.84 bits per heavy atom. The lowest BCUT2D eigenvalue weighted by atomic mass is 10.2. The molecular formula is C12H11BrN2O2S2. The Hall–Kier alpha value is -0.920. The molecule has 4 nitrogen and oxygen atoms in total. The largest absolute Gasteiger partial charge is 0.350 e. The highest BCUT2D eigenvalue weighted by Gasteiger charge is 2.25. The van der Waals surface area contributed by atoms with Crippen molar-refractivity contribution in [1.29, 1.82) is 0 Å². The summed E-state index contributed by atoms with van der Waals surface area (Å²) >= 11 is 9.74. The topological polar surface area (TPSA) is 49.4 Å². The van der Waals surface area contributed by atoms with Gasteiger partial charge in [-0.15, -0.1) is 0 Å². The van der Waals surface area contributed by atoms with Crippen LogP contribution in [0.3, 0.4) is 0 Å². The molecule has 1 aliphatic heterocycles. The number of thioether (sulfide) groups is 1. The van der Waals surface area contributed by atoms with E-state index in [1.807, 2.05) is 12.1 Å². The van der Waals surface area contributed by atoms with Crippen LogP contribution >= 0.6 is 39.9 Å². The second-order valence-electron chi connectivity index (χ2n) is 3.84. The van der Waals surface area contributed by atoms with E-state index < -0.39 is 0 Å². The maximum Gasteiger partial charge on any atom is 0.252 e. The first-order chi connectivity index (χ1) is 9.09. The predicted octanol–water partition coefficient (Wildman–Crippen LogP) is 2.04. The van der Waals surface area contributed by atoms with E-state index in [1.165, 1.54) is 16.7 Å². The molecule has 2 rings (SSSR count). The molecule has 0 aliphatic carbocycles. The van der Waals surface area contributed by atoms with Crippen molar-refractivity contribution < 1.29 is 9.59 Å². The van der Waals surface area contributed by atoms with Crippen molar-refractivity contribution in [3.05, 3.63) is 34.3 Å². The fourth-order valence-corrected chi connectivity index (χ4v) is 3.21. The fraction of sp³-hybridized carbons (Fsp3) is 0.250. The van der Waals surface area contributed by atoms with Crippen molar-refractivity contribution in [1.82, 2.24) is 10.2 Å². The summed E-state index contributed by atoms with van der Waals surface area (Å²) in [5, 5.41) is 2.78. The minimum Gasteiger partial charge on any atom is -0.350 e. The number of nitrogens with zero attached hydrogens (tertiary/aromatic N) is 1. The molecule has 7 heteroatoms. The summed E-state index contributed by atoms with van der Waals surface area (Å²) in [5.41, 5.74) is 0.576. The molecule has 0 atom stereocenters. The van der Waals surface area contributed by atoms with Crippen LogP contribution in [0.25, 0.3) is 0 Å². The van der Waals surface area contributed by atoms with Crippen LogP contribution in [0.5, 0.6) is 0 Å². The van der Waals surface area contributed by atoms with E-state index in [-0.39, 0.29) is 11.8 Å². The van der Waals surface area contributed by atoms with Gasteiger partial charge >= 0.3 is 0 Å². The van der Waals surface area contributed by atoms with Crippen molar-refractivity contribution in [3.63, 3.8) is 0 Å². The molecule has 0 aromatic heterocycles. The predicted molar refractivity (Wildman–Crippen MR) is 83.2 cm³/mol. The van der Waals surface area contributed by atoms with E-state index in [4.69, 9.17) is 12.2 Å². The number of hydrogen-bond donors (Lipinski definition) is 1. The lowest BCUT2D eigenvalue weighted by Gasteiger charge is -2.15. The second kappa shape index (κ2) is 6.49. The maximum atomic E-state index is 11.9. The van der Waals surface area contributed by atoms with Crippen LogP contribution in [0.1, 0.15) is 10.4 Å². The molecule has 1 fully saturated rings. The van der Waals surface area contributed by atoms with Gasteiger partial charge < -0.3 is 5.32 Å². The van der Waals surface area contributed by atoms with E-state index in [9.17, 15) is 9.59 Å². The van der Waals surface area contributed by atoms with Crippen LogP contribution in [0, 0.1) is 0 Å². The summed E-state index contributed by atoms with van der Waals surface area (Å²) < 4.78 is 1.33. The quantitative estimate of drug-likeness (QED) is 0.836. The number of benzene rings is 1. The number of thiocarbonyl (C=S) groups is 1. The molecule has 0 bridgehead atoms.